The number of methoxy groups -OCH3 is 1. The number of pyridine rings is 1. The molecule has 0 amide bonds. The number of ether oxygens (including phenoxy) is 1. The van der Waals surface area contributed by atoms with E-state index in [9.17, 15) is 10.0 Å². The van der Waals surface area contributed by atoms with Crippen LogP contribution in [0.15, 0.2) is 42.6 Å². The van der Waals surface area contributed by atoms with Crippen molar-refractivity contribution in [3.05, 3.63) is 42.6 Å². The Morgan fingerprint density at radius 3 is 2.41 bits per heavy atom. The van der Waals surface area contributed by atoms with Crippen LogP contribution in [0.1, 0.15) is 0 Å². The maximum absolute atomic E-state index is 9.26. The average Bonchev–Trinajstić information content (AvgIpc) is 2.39. The number of hydrogen-bond acceptors (Lipinski definition) is 4. The van der Waals surface area contributed by atoms with Gasteiger partial charge in [0, 0.05) is 17.2 Å². The van der Waals surface area contributed by atoms with Crippen molar-refractivity contribution in [2.24, 2.45) is 0 Å². The van der Waals surface area contributed by atoms with E-state index in [1.807, 2.05) is 12.1 Å². The molecule has 5 heteroatoms. The molecule has 0 aliphatic carbocycles. The van der Waals surface area contributed by atoms with Gasteiger partial charge in [-0.05, 0) is 30.3 Å². The van der Waals surface area contributed by atoms with Crippen molar-refractivity contribution >= 4 is 12.6 Å². The number of hydrogen-bond donors (Lipinski definition) is 2. The van der Waals surface area contributed by atoms with Crippen molar-refractivity contribution in [1.29, 1.82) is 0 Å². The largest absolute Gasteiger partial charge is 0.497 e. The Morgan fingerprint density at radius 1 is 1.12 bits per heavy atom. The van der Waals surface area contributed by atoms with Crippen molar-refractivity contribution in [2.75, 3.05) is 7.11 Å². The molecule has 1 aromatic heterocycles. The first-order chi connectivity index (χ1) is 8.22. The van der Waals surface area contributed by atoms with E-state index in [1.165, 1.54) is 0 Å². The van der Waals surface area contributed by atoms with Gasteiger partial charge in [-0.15, -0.1) is 0 Å². The molecule has 1 aromatic carbocycles. The normalized spacial score (nSPS) is 10.1. The third-order valence-corrected chi connectivity index (χ3v) is 2.48. The van der Waals surface area contributed by atoms with Gasteiger partial charge in [0.25, 0.3) is 0 Å². The van der Waals surface area contributed by atoms with Crippen LogP contribution in [0.5, 0.6) is 5.75 Å². The van der Waals surface area contributed by atoms with Gasteiger partial charge < -0.3 is 14.8 Å². The minimum absolute atomic E-state index is 0.387. The van der Waals surface area contributed by atoms with Crippen LogP contribution in [0, 0.1) is 0 Å². The Labute approximate surface area is 99.7 Å². The van der Waals surface area contributed by atoms with Gasteiger partial charge in [-0.1, -0.05) is 6.07 Å². The quantitative estimate of drug-likeness (QED) is 0.749. The van der Waals surface area contributed by atoms with Crippen LogP contribution < -0.4 is 10.2 Å². The lowest BCUT2D eigenvalue weighted by Crippen LogP contribution is -2.32. The molecule has 0 spiro atoms. The summed E-state index contributed by atoms with van der Waals surface area (Å²) in [5.74, 6) is 0.746. The summed E-state index contributed by atoms with van der Waals surface area (Å²) < 4.78 is 5.06. The van der Waals surface area contributed by atoms with Crippen molar-refractivity contribution in [1.82, 2.24) is 4.98 Å². The van der Waals surface area contributed by atoms with Gasteiger partial charge in [-0.3, -0.25) is 4.98 Å². The molecule has 0 saturated heterocycles. The minimum Gasteiger partial charge on any atom is -0.497 e. The summed E-state index contributed by atoms with van der Waals surface area (Å²) in [5, 5.41) is 18.5. The second-order valence-corrected chi connectivity index (χ2v) is 3.54. The fraction of sp³-hybridized carbons (Fsp3) is 0.0833. The van der Waals surface area contributed by atoms with Gasteiger partial charge in [-0.25, -0.2) is 0 Å². The Balaban J connectivity index is 2.45. The highest BCUT2D eigenvalue weighted by Crippen LogP contribution is 2.19. The first-order valence-electron chi connectivity index (χ1n) is 5.18. The average molecular weight is 229 g/mol. The predicted molar refractivity (Wildman–Crippen MR) is 66.1 cm³/mol. The van der Waals surface area contributed by atoms with E-state index in [-0.39, 0.29) is 0 Å². The molecule has 4 nitrogen and oxygen atoms in total. The third kappa shape index (κ3) is 2.46. The molecule has 0 radical (unpaired) electrons. The van der Waals surface area contributed by atoms with Crippen LogP contribution in [0.25, 0.3) is 11.3 Å². The van der Waals surface area contributed by atoms with E-state index in [2.05, 4.69) is 4.98 Å². The van der Waals surface area contributed by atoms with E-state index >= 15 is 0 Å². The van der Waals surface area contributed by atoms with Crippen LogP contribution in [0.2, 0.25) is 0 Å². The summed E-state index contributed by atoms with van der Waals surface area (Å²) in [4.78, 5) is 4.16. The lowest BCUT2D eigenvalue weighted by atomic mass is 9.77. The molecule has 2 rings (SSSR count). The maximum atomic E-state index is 9.26. The summed E-state index contributed by atoms with van der Waals surface area (Å²) >= 11 is 0. The third-order valence-electron chi connectivity index (χ3n) is 2.48. The van der Waals surface area contributed by atoms with E-state index in [0.717, 1.165) is 11.3 Å². The Hall–Kier alpha value is -1.85. The zero-order chi connectivity index (χ0) is 12.3. The summed E-state index contributed by atoms with van der Waals surface area (Å²) in [7, 11) is 0.0689. The number of nitrogens with zero attached hydrogens (tertiary/aromatic N) is 1. The van der Waals surface area contributed by atoms with E-state index < -0.39 is 7.12 Å². The highest BCUT2D eigenvalue weighted by molar-refractivity contribution is 6.60. The van der Waals surface area contributed by atoms with E-state index in [1.54, 1.807) is 37.6 Å². The zero-order valence-corrected chi connectivity index (χ0v) is 9.37. The van der Waals surface area contributed by atoms with Crippen molar-refractivity contribution < 1.29 is 14.8 Å². The molecule has 0 aliphatic rings. The van der Waals surface area contributed by atoms with Gasteiger partial charge in [0.2, 0.25) is 0 Å². The monoisotopic (exact) mass is 229 g/mol. The molecule has 0 saturated carbocycles. The fourth-order valence-electron chi connectivity index (χ4n) is 1.62. The standard InChI is InChI=1S/C12H12BNO3/c1-17-10-6-4-9(5-7-10)12-11(13(15)16)3-2-8-14-12/h2-8,15-16H,1H3. The minimum atomic E-state index is -1.53. The summed E-state index contributed by atoms with van der Waals surface area (Å²) in [6.07, 6.45) is 1.62. The summed E-state index contributed by atoms with van der Waals surface area (Å²) in [6.45, 7) is 0. The van der Waals surface area contributed by atoms with Gasteiger partial charge in [0.15, 0.2) is 0 Å². The SMILES string of the molecule is COc1ccc(-c2ncccc2B(O)O)cc1. The predicted octanol–water partition coefficient (Wildman–Crippen LogP) is 0.437. The van der Waals surface area contributed by atoms with E-state index in [0.29, 0.717) is 11.2 Å². The molecule has 86 valence electrons. The Morgan fingerprint density at radius 2 is 1.82 bits per heavy atom. The van der Waals surface area contributed by atoms with E-state index in [4.69, 9.17) is 4.74 Å². The van der Waals surface area contributed by atoms with Crippen LogP contribution in [0.3, 0.4) is 0 Å². The molecule has 0 fully saturated rings. The second kappa shape index (κ2) is 4.99. The highest BCUT2D eigenvalue weighted by atomic mass is 16.5. The first-order valence-corrected chi connectivity index (χ1v) is 5.18. The molecular weight excluding hydrogens is 217 g/mol. The maximum Gasteiger partial charge on any atom is 0.490 e. The lowest BCUT2D eigenvalue weighted by molar-refractivity contribution is 0.415. The lowest BCUT2D eigenvalue weighted by Gasteiger charge is -2.08. The Kier molecular flexibility index (Phi) is 3.42. The molecule has 0 bridgehead atoms. The van der Waals surface area contributed by atoms with Gasteiger partial charge >= 0.3 is 7.12 Å². The van der Waals surface area contributed by atoms with Gasteiger partial charge in [0.1, 0.15) is 5.75 Å². The molecule has 2 N–H and O–H groups in total. The molecular formula is C12H12BNO3. The molecule has 0 aliphatic heterocycles. The molecule has 17 heavy (non-hydrogen) atoms. The Bertz CT molecular complexity index is 499. The van der Waals surface area contributed by atoms with Crippen molar-refractivity contribution in [2.45, 2.75) is 0 Å². The second-order valence-electron chi connectivity index (χ2n) is 3.54. The summed E-state index contributed by atoms with van der Waals surface area (Å²) in [6, 6.07) is 10.6. The van der Waals surface area contributed by atoms with Gasteiger partial charge in [0.05, 0.1) is 12.8 Å². The molecule has 1 heterocycles. The van der Waals surface area contributed by atoms with Crippen LogP contribution >= 0.6 is 0 Å². The highest BCUT2D eigenvalue weighted by Gasteiger charge is 2.17. The molecule has 0 atom stereocenters. The smallest absolute Gasteiger partial charge is 0.490 e. The van der Waals surface area contributed by atoms with Crippen molar-refractivity contribution in [3.8, 4) is 17.0 Å². The van der Waals surface area contributed by atoms with Crippen molar-refractivity contribution in [3.63, 3.8) is 0 Å². The first kappa shape index (κ1) is 11.6. The topological polar surface area (TPSA) is 62.6 Å². The molecule has 0 unspecified atom stereocenters. The van der Waals surface area contributed by atoms with Crippen LogP contribution in [-0.4, -0.2) is 29.3 Å². The number of rotatable bonds is 3. The molecule has 2 aromatic rings. The zero-order valence-electron chi connectivity index (χ0n) is 9.37. The van der Waals surface area contributed by atoms with Crippen LogP contribution in [0.4, 0.5) is 0 Å². The summed E-state index contributed by atoms with van der Waals surface area (Å²) in [5.41, 5.74) is 1.76. The number of benzene rings is 1. The fourth-order valence-corrected chi connectivity index (χ4v) is 1.62. The van der Waals surface area contributed by atoms with Crippen LogP contribution in [-0.2, 0) is 0 Å². The van der Waals surface area contributed by atoms with Gasteiger partial charge in [-0.2, -0.15) is 0 Å². The number of aromatic nitrogens is 1.